The third-order valence-corrected chi connectivity index (χ3v) is 6.59. The van der Waals surface area contributed by atoms with Crippen molar-refractivity contribution in [3.8, 4) is 0 Å². The zero-order valence-electron chi connectivity index (χ0n) is 15.1. The van der Waals surface area contributed by atoms with Gasteiger partial charge in [0, 0.05) is 19.1 Å². The van der Waals surface area contributed by atoms with E-state index >= 15 is 0 Å². The molecule has 8 heteroatoms. The fourth-order valence-electron chi connectivity index (χ4n) is 5.19. The molecule has 4 atom stereocenters. The number of aliphatic carboxylic acids is 1. The number of nitrogens with zero attached hydrogens (tertiary/aromatic N) is 1. The molecule has 1 saturated heterocycles. The number of allylic oxidation sites excluding steroid dienone is 2. The first-order chi connectivity index (χ1) is 13.0. The van der Waals surface area contributed by atoms with Crippen molar-refractivity contribution in [2.75, 3.05) is 13.1 Å². The molecule has 3 aliphatic carbocycles. The Morgan fingerprint density at radius 3 is 2.19 bits per heavy atom. The molecule has 1 heterocycles. The molecule has 0 aromatic heterocycles. The van der Waals surface area contributed by atoms with E-state index in [-0.39, 0.29) is 66.6 Å². The van der Waals surface area contributed by atoms with Crippen molar-refractivity contribution in [3.63, 3.8) is 0 Å². The zero-order chi connectivity index (χ0) is 19.1. The van der Waals surface area contributed by atoms with Crippen LogP contribution in [0.4, 0.5) is 4.79 Å². The van der Waals surface area contributed by atoms with Gasteiger partial charge in [-0.1, -0.05) is 12.2 Å². The molecular weight excluding hydrogens is 350 g/mol. The molecule has 2 saturated carbocycles. The zero-order valence-corrected chi connectivity index (χ0v) is 15.1. The summed E-state index contributed by atoms with van der Waals surface area (Å²) in [5.74, 6) is -1.31. The highest BCUT2D eigenvalue weighted by atomic mass is 16.4. The van der Waals surface area contributed by atoms with Gasteiger partial charge in [0.1, 0.15) is 0 Å². The number of imide groups is 1. The molecule has 3 N–H and O–H groups in total. The van der Waals surface area contributed by atoms with Gasteiger partial charge in [-0.3, -0.25) is 19.3 Å². The van der Waals surface area contributed by atoms with Gasteiger partial charge in [-0.05, 0) is 43.9 Å². The first-order valence-corrected chi connectivity index (χ1v) is 9.76. The van der Waals surface area contributed by atoms with Crippen LogP contribution in [0, 0.1) is 29.6 Å². The maximum atomic E-state index is 12.6. The van der Waals surface area contributed by atoms with Gasteiger partial charge in [0.15, 0.2) is 0 Å². The maximum Gasteiger partial charge on any atom is 0.315 e. The van der Waals surface area contributed by atoms with Crippen LogP contribution < -0.4 is 10.6 Å². The van der Waals surface area contributed by atoms with E-state index in [1.807, 2.05) is 0 Å². The lowest BCUT2D eigenvalue weighted by molar-refractivity contribution is -0.143. The molecule has 0 aromatic carbocycles. The number of likely N-dealkylation sites (tertiary alicyclic amines) is 1. The van der Waals surface area contributed by atoms with Crippen LogP contribution in [0.3, 0.4) is 0 Å². The number of carboxylic acids is 1. The minimum absolute atomic E-state index is 0.0308. The minimum atomic E-state index is -0.772. The number of hydrogen-bond acceptors (Lipinski definition) is 4. The average Bonchev–Trinajstić information content (AvgIpc) is 3.31. The summed E-state index contributed by atoms with van der Waals surface area (Å²) in [6.45, 7) is 0.416. The van der Waals surface area contributed by atoms with E-state index in [4.69, 9.17) is 5.11 Å². The van der Waals surface area contributed by atoms with E-state index in [0.717, 1.165) is 6.42 Å². The fourth-order valence-corrected chi connectivity index (χ4v) is 5.19. The molecule has 3 fully saturated rings. The lowest BCUT2D eigenvalue weighted by atomic mass is 9.85. The van der Waals surface area contributed by atoms with Crippen LogP contribution in [0.2, 0.25) is 0 Å². The summed E-state index contributed by atoms with van der Waals surface area (Å²) in [5.41, 5.74) is 0. The Hall–Kier alpha value is -2.38. The Labute approximate surface area is 157 Å². The van der Waals surface area contributed by atoms with Gasteiger partial charge in [-0.2, -0.15) is 0 Å². The van der Waals surface area contributed by atoms with Gasteiger partial charge in [0.05, 0.1) is 17.8 Å². The van der Waals surface area contributed by atoms with E-state index in [1.54, 1.807) is 0 Å². The first kappa shape index (κ1) is 18.0. The number of fused-ring (bicyclic) bond motifs is 5. The molecular formula is C19H25N3O5. The Kier molecular flexibility index (Phi) is 4.65. The third-order valence-electron chi connectivity index (χ3n) is 6.59. The van der Waals surface area contributed by atoms with Crippen LogP contribution in [0.1, 0.15) is 32.1 Å². The Bertz CT molecular complexity index is 667. The summed E-state index contributed by atoms with van der Waals surface area (Å²) in [5, 5.41) is 14.6. The summed E-state index contributed by atoms with van der Waals surface area (Å²) < 4.78 is 0. The van der Waals surface area contributed by atoms with Gasteiger partial charge >= 0.3 is 12.0 Å². The second-order valence-corrected chi connectivity index (χ2v) is 8.12. The highest BCUT2D eigenvalue weighted by Crippen LogP contribution is 2.52. The van der Waals surface area contributed by atoms with Gasteiger partial charge < -0.3 is 15.7 Å². The number of carbonyl (C=O) groups excluding carboxylic acids is 3. The molecule has 4 aliphatic rings. The summed E-state index contributed by atoms with van der Waals surface area (Å²) in [7, 11) is 0. The number of amides is 4. The van der Waals surface area contributed by atoms with Gasteiger partial charge in [-0.25, -0.2) is 4.79 Å². The van der Waals surface area contributed by atoms with Crippen molar-refractivity contribution in [3.05, 3.63) is 12.2 Å². The number of rotatable bonds is 5. The van der Waals surface area contributed by atoms with Crippen LogP contribution in [-0.2, 0) is 14.4 Å². The Morgan fingerprint density at radius 1 is 1.04 bits per heavy atom. The predicted molar refractivity (Wildman–Crippen MR) is 94.4 cm³/mol. The van der Waals surface area contributed by atoms with Crippen molar-refractivity contribution in [1.29, 1.82) is 0 Å². The average molecular weight is 375 g/mol. The summed E-state index contributed by atoms with van der Waals surface area (Å²) in [6.07, 6.45) is 7.45. The first-order valence-electron chi connectivity index (χ1n) is 9.76. The molecule has 1 aliphatic heterocycles. The Balaban J connectivity index is 1.20. The molecule has 8 nitrogen and oxygen atoms in total. The number of urea groups is 1. The van der Waals surface area contributed by atoms with E-state index in [0.29, 0.717) is 25.7 Å². The van der Waals surface area contributed by atoms with Crippen LogP contribution in [0.5, 0.6) is 0 Å². The normalized spacial score (nSPS) is 36.8. The molecule has 27 heavy (non-hydrogen) atoms. The molecule has 0 aromatic rings. The third kappa shape index (κ3) is 3.21. The van der Waals surface area contributed by atoms with E-state index in [9.17, 15) is 19.2 Å². The highest BCUT2D eigenvalue weighted by molar-refractivity contribution is 6.06. The molecule has 0 spiro atoms. The molecule has 4 rings (SSSR count). The summed E-state index contributed by atoms with van der Waals surface area (Å²) >= 11 is 0. The van der Waals surface area contributed by atoms with Gasteiger partial charge in [0.25, 0.3) is 0 Å². The molecule has 4 amide bonds. The van der Waals surface area contributed by atoms with Crippen molar-refractivity contribution in [1.82, 2.24) is 15.5 Å². The van der Waals surface area contributed by atoms with Crippen molar-refractivity contribution < 1.29 is 24.3 Å². The summed E-state index contributed by atoms with van der Waals surface area (Å²) in [4.78, 5) is 49.4. The van der Waals surface area contributed by atoms with Gasteiger partial charge in [0.2, 0.25) is 11.8 Å². The van der Waals surface area contributed by atoms with Crippen molar-refractivity contribution in [2.24, 2.45) is 29.6 Å². The summed E-state index contributed by atoms with van der Waals surface area (Å²) in [6, 6.07) is -0.369. The second-order valence-electron chi connectivity index (χ2n) is 8.12. The Morgan fingerprint density at radius 2 is 1.63 bits per heavy atom. The standard InChI is InChI=1S/C19H25N3O5/c23-16-14-11-1-2-12(9-11)15(14)17(24)22(16)8-7-20-19(27)21-13-5-3-10(4-6-13)18(25)26/h1-2,10-15H,3-9H2,(H,25,26)(H2,20,21,27). The fraction of sp³-hybridized carbons (Fsp3) is 0.684. The number of nitrogens with one attached hydrogen (secondary N) is 2. The molecule has 2 bridgehead atoms. The van der Waals surface area contributed by atoms with Gasteiger partial charge in [-0.15, -0.1) is 0 Å². The van der Waals surface area contributed by atoms with Crippen LogP contribution in [-0.4, -0.2) is 53.0 Å². The predicted octanol–water partition coefficient (Wildman–Crippen LogP) is 0.736. The van der Waals surface area contributed by atoms with E-state index in [1.165, 1.54) is 4.90 Å². The van der Waals surface area contributed by atoms with E-state index < -0.39 is 5.97 Å². The lowest BCUT2D eigenvalue weighted by Gasteiger charge is -2.27. The smallest absolute Gasteiger partial charge is 0.315 e. The van der Waals surface area contributed by atoms with Crippen LogP contribution >= 0.6 is 0 Å². The lowest BCUT2D eigenvalue weighted by Crippen LogP contribution is -2.46. The SMILES string of the molecule is O=C(NCCN1C(=O)C2C3C=CC(C3)C2C1=O)NC1CCC(C(=O)O)CC1. The monoisotopic (exact) mass is 375 g/mol. The minimum Gasteiger partial charge on any atom is -0.481 e. The topological polar surface area (TPSA) is 116 Å². The van der Waals surface area contributed by atoms with E-state index in [2.05, 4.69) is 22.8 Å². The number of hydrogen-bond donors (Lipinski definition) is 3. The highest BCUT2D eigenvalue weighted by Gasteiger charge is 2.58. The van der Waals surface area contributed by atoms with Crippen molar-refractivity contribution in [2.45, 2.75) is 38.1 Å². The second kappa shape index (κ2) is 6.98. The number of carbonyl (C=O) groups is 4. The maximum absolute atomic E-state index is 12.6. The molecule has 146 valence electrons. The van der Waals surface area contributed by atoms with Crippen molar-refractivity contribution >= 4 is 23.8 Å². The van der Waals surface area contributed by atoms with Crippen LogP contribution in [0.25, 0.3) is 0 Å². The van der Waals surface area contributed by atoms with Crippen LogP contribution in [0.15, 0.2) is 12.2 Å². The quantitative estimate of drug-likeness (QED) is 0.484. The largest absolute Gasteiger partial charge is 0.481 e. The molecule has 0 radical (unpaired) electrons. The number of carboxylic acid groups (broad SMARTS) is 1. The molecule has 4 unspecified atom stereocenters.